The van der Waals surface area contributed by atoms with E-state index in [1.807, 2.05) is 6.92 Å². The Bertz CT molecular complexity index is 401. The zero-order valence-corrected chi connectivity index (χ0v) is 12.0. The first-order chi connectivity index (χ1) is 7.53. The summed E-state index contributed by atoms with van der Waals surface area (Å²) >= 11 is 3.29. The van der Waals surface area contributed by atoms with Gasteiger partial charge in [0.2, 0.25) is 0 Å². The summed E-state index contributed by atoms with van der Waals surface area (Å²) in [5.74, 6) is 0. The Labute approximate surface area is 104 Å². The lowest BCUT2D eigenvalue weighted by molar-refractivity contribution is 0.230. The highest BCUT2D eigenvalue weighted by Gasteiger charge is 2.27. The number of aromatic nitrogens is 1. The van der Waals surface area contributed by atoms with Gasteiger partial charge in [-0.05, 0) is 48.3 Å². The van der Waals surface area contributed by atoms with E-state index in [9.17, 15) is 4.57 Å². The lowest BCUT2D eigenvalue weighted by Crippen LogP contribution is -2.12. The van der Waals surface area contributed by atoms with E-state index in [2.05, 4.69) is 20.9 Å². The molecule has 0 amide bonds. The van der Waals surface area contributed by atoms with Gasteiger partial charge in [-0.15, -0.1) is 0 Å². The zero-order chi connectivity index (χ0) is 12.2. The van der Waals surface area contributed by atoms with Crippen LogP contribution in [-0.4, -0.2) is 18.2 Å². The molecule has 1 aromatic heterocycles. The van der Waals surface area contributed by atoms with Gasteiger partial charge < -0.3 is 9.05 Å². The van der Waals surface area contributed by atoms with E-state index < -0.39 is 7.60 Å². The maximum Gasteiger partial charge on any atom is 0.362 e. The quantitative estimate of drug-likeness (QED) is 0.619. The number of aryl methyl sites for hydroxylation is 1. The fourth-order valence-corrected chi connectivity index (χ4v) is 3.04. The fourth-order valence-electron chi connectivity index (χ4n) is 1.22. The summed E-state index contributed by atoms with van der Waals surface area (Å²) < 4.78 is 23.6. The molecule has 6 heteroatoms. The molecule has 1 heterocycles. The highest BCUT2D eigenvalue weighted by molar-refractivity contribution is 9.10. The van der Waals surface area contributed by atoms with Gasteiger partial charge in [-0.2, -0.15) is 0 Å². The summed E-state index contributed by atoms with van der Waals surface area (Å²) in [4.78, 5) is 4.09. The SMILES string of the molecule is CCOP(=O)(OCC)c1cnc(Br)c(C)c1. The maximum atomic E-state index is 12.4. The van der Waals surface area contributed by atoms with Crippen molar-refractivity contribution in [2.24, 2.45) is 0 Å². The summed E-state index contributed by atoms with van der Waals surface area (Å²) in [6.07, 6.45) is 1.52. The van der Waals surface area contributed by atoms with Gasteiger partial charge in [0.25, 0.3) is 0 Å². The van der Waals surface area contributed by atoms with Gasteiger partial charge in [-0.25, -0.2) is 4.98 Å². The number of hydrogen-bond acceptors (Lipinski definition) is 4. The van der Waals surface area contributed by atoms with E-state index in [0.717, 1.165) is 10.2 Å². The Morgan fingerprint density at radius 1 is 1.38 bits per heavy atom. The molecule has 90 valence electrons. The van der Waals surface area contributed by atoms with Crippen molar-refractivity contribution < 1.29 is 13.6 Å². The van der Waals surface area contributed by atoms with Crippen molar-refractivity contribution in [3.05, 3.63) is 22.4 Å². The number of hydrogen-bond donors (Lipinski definition) is 0. The predicted molar refractivity (Wildman–Crippen MR) is 67.2 cm³/mol. The summed E-state index contributed by atoms with van der Waals surface area (Å²) in [5.41, 5.74) is 0.900. The Hall–Kier alpha value is -0.220. The molecule has 0 atom stereocenters. The van der Waals surface area contributed by atoms with Crippen molar-refractivity contribution in [1.82, 2.24) is 4.98 Å². The third-order valence-electron chi connectivity index (χ3n) is 1.91. The molecule has 0 saturated heterocycles. The summed E-state index contributed by atoms with van der Waals surface area (Å²) in [7, 11) is -3.20. The Balaban J connectivity index is 3.11. The second-order valence-corrected chi connectivity index (χ2v) is 5.91. The van der Waals surface area contributed by atoms with Crippen LogP contribution in [0.4, 0.5) is 0 Å². The predicted octanol–water partition coefficient (Wildman–Crippen LogP) is 3.04. The summed E-state index contributed by atoms with van der Waals surface area (Å²) in [5, 5.41) is 0.497. The largest absolute Gasteiger partial charge is 0.362 e. The zero-order valence-electron chi connectivity index (χ0n) is 9.57. The lowest BCUT2D eigenvalue weighted by Gasteiger charge is -2.17. The van der Waals surface area contributed by atoms with E-state index in [1.54, 1.807) is 19.9 Å². The van der Waals surface area contributed by atoms with Gasteiger partial charge >= 0.3 is 7.60 Å². The number of nitrogens with zero attached hydrogens (tertiary/aromatic N) is 1. The third kappa shape index (κ3) is 3.14. The molecule has 0 fully saturated rings. The van der Waals surface area contributed by atoms with Crippen LogP contribution in [0.2, 0.25) is 0 Å². The maximum absolute atomic E-state index is 12.4. The van der Waals surface area contributed by atoms with Gasteiger partial charge in [0, 0.05) is 6.20 Å². The Morgan fingerprint density at radius 3 is 2.38 bits per heavy atom. The van der Waals surface area contributed by atoms with Crippen LogP contribution in [-0.2, 0) is 13.6 Å². The normalized spacial score (nSPS) is 11.8. The van der Waals surface area contributed by atoms with Crippen LogP contribution in [0, 0.1) is 6.92 Å². The first-order valence-electron chi connectivity index (χ1n) is 5.05. The second-order valence-electron chi connectivity index (χ2n) is 3.13. The number of halogens is 1. The topological polar surface area (TPSA) is 48.4 Å². The highest BCUT2D eigenvalue weighted by atomic mass is 79.9. The van der Waals surface area contributed by atoms with Crippen LogP contribution in [0.25, 0.3) is 0 Å². The summed E-state index contributed by atoms with van der Waals surface area (Å²) in [6.45, 7) is 6.12. The van der Waals surface area contributed by atoms with Crippen LogP contribution in [0.1, 0.15) is 19.4 Å². The van der Waals surface area contributed by atoms with E-state index in [0.29, 0.717) is 18.5 Å². The van der Waals surface area contributed by atoms with Crippen molar-refractivity contribution in [3.63, 3.8) is 0 Å². The minimum Gasteiger partial charge on any atom is -0.305 e. The van der Waals surface area contributed by atoms with Crippen LogP contribution in [0.5, 0.6) is 0 Å². The first kappa shape index (κ1) is 13.8. The fraction of sp³-hybridized carbons (Fsp3) is 0.500. The van der Waals surface area contributed by atoms with E-state index in [4.69, 9.17) is 9.05 Å². The first-order valence-corrected chi connectivity index (χ1v) is 7.39. The molecule has 0 radical (unpaired) electrons. The van der Waals surface area contributed by atoms with Gasteiger partial charge in [0.05, 0.1) is 18.5 Å². The molecule has 1 rings (SSSR count). The van der Waals surface area contributed by atoms with Crippen LogP contribution >= 0.6 is 23.5 Å². The molecular formula is C10H15BrNO3P. The minimum absolute atomic E-state index is 0.340. The molecule has 0 aliphatic carbocycles. The van der Waals surface area contributed by atoms with E-state index >= 15 is 0 Å². The molecule has 0 bridgehead atoms. The van der Waals surface area contributed by atoms with Gasteiger partial charge in [0.1, 0.15) is 4.60 Å². The molecular weight excluding hydrogens is 293 g/mol. The van der Waals surface area contributed by atoms with Crippen molar-refractivity contribution >= 4 is 28.8 Å². The molecule has 16 heavy (non-hydrogen) atoms. The Morgan fingerprint density at radius 2 is 1.94 bits per heavy atom. The minimum atomic E-state index is -3.20. The van der Waals surface area contributed by atoms with Crippen LogP contribution in [0.3, 0.4) is 0 Å². The molecule has 0 spiro atoms. The van der Waals surface area contributed by atoms with Crippen molar-refractivity contribution in [2.75, 3.05) is 13.2 Å². The van der Waals surface area contributed by atoms with Crippen molar-refractivity contribution in [3.8, 4) is 0 Å². The molecule has 0 saturated carbocycles. The van der Waals surface area contributed by atoms with Crippen molar-refractivity contribution in [1.29, 1.82) is 0 Å². The van der Waals surface area contributed by atoms with Crippen molar-refractivity contribution in [2.45, 2.75) is 20.8 Å². The molecule has 1 aromatic rings. The smallest absolute Gasteiger partial charge is 0.305 e. The molecule has 0 unspecified atom stereocenters. The third-order valence-corrected chi connectivity index (χ3v) is 4.82. The molecule has 0 aromatic carbocycles. The molecule has 4 nitrogen and oxygen atoms in total. The molecule has 0 N–H and O–H groups in total. The van der Waals surface area contributed by atoms with Gasteiger partial charge in [0.15, 0.2) is 0 Å². The number of pyridine rings is 1. The van der Waals surface area contributed by atoms with E-state index in [1.165, 1.54) is 6.20 Å². The average Bonchev–Trinajstić information content (AvgIpc) is 2.22. The summed E-state index contributed by atoms with van der Waals surface area (Å²) in [6, 6.07) is 1.77. The second kappa shape index (κ2) is 5.92. The average molecular weight is 308 g/mol. The van der Waals surface area contributed by atoms with Gasteiger partial charge in [-0.1, -0.05) is 0 Å². The Kier molecular flexibility index (Phi) is 5.12. The van der Waals surface area contributed by atoms with Crippen LogP contribution < -0.4 is 5.30 Å². The molecule has 0 aliphatic rings. The van der Waals surface area contributed by atoms with E-state index in [-0.39, 0.29) is 0 Å². The lowest BCUT2D eigenvalue weighted by atomic mass is 10.3. The monoisotopic (exact) mass is 307 g/mol. The highest BCUT2D eigenvalue weighted by Crippen LogP contribution is 2.46. The number of rotatable bonds is 5. The standard InChI is InChI=1S/C10H15BrNO3P/c1-4-14-16(13,15-5-2)9-6-8(3)10(11)12-7-9/h6-7H,4-5H2,1-3H3. The van der Waals surface area contributed by atoms with Gasteiger partial charge in [-0.3, -0.25) is 4.57 Å². The van der Waals surface area contributed by atoms with Crippen LogP contribution in [0.15, 0.2) is 16.9 Å². The molecule has 0 aliphatic heterocycles.